The maximum Gasteiger partial charge on any atom is 0.191 e. The second kappa shape index (κ2) is 10.1. The van der Waals surface area contributed by atoms with Crippen molar-refractivity contribution in [3.05, 3.63) is 46.7 Å². The zero-order valence-corrected chi connectivity index (χ0v) is 16.9. The number of hydrogen-bond acceptors (Lipinski definition) is 4. The molecule has 0 aliphatic rings. The highest BCUT2D eigenvalue weighted by molar-refractivity contribution is 7.11. The Balaban J connectivity index is 1.45. The quantitative estimate of drug-likeness (QED) is 0.338. The Bertz CT molecular complexity index is 866. The first-order chi connectivity index (χ1) is 13.3. The van der Waals surface area contributed by atoms with E-state index in [1.54, 1.807) is 11.3 Å². The fourth-order valence-electron chi connectivity index (χ4n) is 2.88. The van der Waals surface area contributed by atoms with Crippen LogP contribution in [0.25, 0.3) is 11.0 Å². The van der Waals surface area contributed by atoms with Crippen molar-refractivity contribution in [3.8, 4) is 0 Å². The molecule has 27 heavy (non-hydrogen) atoms. The van der Waals surface area contributed by atoms with Crippen LogP contribution in [0.15, 0.2) is 41.8 Å². The van der Waals surface area contributed by atoms with E-state index in [0.717, 1.165) is 56.9 Å². The maximum atomic E-state index is 4.69. The summed E-state index contributed by atoms with van der Waals surface area (Å²) in [5.74, 6) is 0.875. The Kier molecular flexibility index (Phi) is 7.21. The van der Waals surface area contributed by atoms with E-state index in [2.05, 4.69) is 56.1 Å². The van der Waals surface area contributed by atoms with Crippen LogP contribution in [0.2, 0.25) is 0 Å². The monoisotopic (exact) mass is 384 g/mol. The second-order valence-electron chi connectivity index (χ2n) is 6.29. The smallest absolute Gasteiger partial charge is 0.191 e. The van der Waals surface area contributed by atoms with Gasteiger partial charge < -0.3 is 15.2 Å². The number of hydrogen-bond donors (Lipinski definition) is 2. The van der Waals surface area contributed by atoms with Gasteiger partial charge in [-0.25, -0.2) is 9.97 Å². The van der Waals surface area contributed by atoms with Crippen LogP contribution in [0.5, 0.6) is 0 Å². The normalized spacial score (nSPS) is 11.9. The van der Waals surface area contributed by atoms with Gasteiger partial charge in [-0.15, -0.1) is 11.3 Å². The number of fused-ring (bicyclic) bond motifs is 1. The molecule has 0 atom stereocenters. The number of aryl methyl sites for hydroxylation is 2. The SMILES string of the molecule is CCNC(=NCCCn1cnc2ccccc21)NCCc1ncc(CC)s1. The average molecular weight is 385 g/mol. The molecule has 6 nitrogen and oxygen atoms in total. The van der Waals surface area contributed by atoms with Gasteiger partial charge in [-0.1, -0.05) is 19.1 Å². The van der Waals surface area contributed by atoms with E-state index in [-0.39, 0.29) is 0 Å². The van der Waals surface area contributed by atoms with Crippen molar-refractivity contribution in [1.82, 2.24) is 25.2 Å². The molecule has 0 aliphatic carbocycles. The van der Waals surface area contributed by atoms with Crippen molar-refractivity contribution in [2.75, 3.05) is 19.6 Å². The van der Waals surface area contributed by atoms with Crippen molar-refractivity contribution >= 4 is 28.3 Å². The fourth-order valence-corrected chi connectivity index (χ4v) is 3.74. The molecule has 3 aromatic rings. The third-order valence-corrected chi connectivity index (χ3v) is 5.48. The Labute approximate surface area is 164 Å². The minimum absolute atomic E-state index is 0.777. The molecule has 0 saturated carbocycles. The zero-order chi connectivity index (χ0) is 18.9. The summed E-state index contributed by atoms with van der Waals surface area (Å²) in [7, 11) is 0. The number of benzene rings is 1. The van der Waals surface area contributed by atoms with E-state index < -0.39 is 0 Å². The van der Waals surface area contributed by atoms with Gasteiger partial charge >= 0.3 is 0 Å². The summed E-state index contributed by atoms with van der Waals surface area (Å²) in [6.45, 7) is 7.65. The molecule has 0 radical (unpaired) electrons. The zero-order valence-electron chi connectivity index (χ0n) is 16.1. The van der Waals surface area contributed by atoms with Crippen LogP contribution in [0, 0.1) is 0 Å². The average Bonchev–Trinajstić information content (AvgIpc) is 3.32. The van der Waals surface area contributed by atoms with E-state index in [4.69, 9.17) is 0 Å². The number of thiazole rings is 1. The van der Waals surface area contributed by atoms with E-state index >= 15 is 0 Å². The van der Waals surface area contributed by atoms with Gasteiger partial charge in [-0.05, 0) is 31.9 Å². The molecule has 2 heterocycles. The highest BCUT2D eigenvalue weighted by atomic mass is 32.1. The lowest BCUT2D eigenvalue weighted by Crippen LogP contribution is -2.38. The molecule has 7 heteroatoms. The molecule has 0 fully saturated rings. The van der Waals surface area contributed by atoms with Crippen molar-refractivity contribution in [1.29, 1.82) is 0 Å². The first kappa shape index (κ1) is 19.4. The van der Waals surface area contributed by atoms with Crippen molar-refractivity contribution < 1.29 is 0 Å². The first-order valence-corrected chi connectivity index (χ1v) is 10.5. The van der Waals surface area contributed by atoms with Crippen molar-refractivity contribution in [2.45, 2.75) is 39.7 Å². The van der Waals surface area contributed by atoms with Crippen LogP contribution in [0.3, 0.4) is 0 Å². The van der Waals surface area contributed by atoms with E-state index in [1.807, 2.05) is 24.7 Å². The molecule has 2 aromatic heterocycles. The summed E-state index contributed by atoms with van der Waals surface area (Å²) in [5, 5.41) is 7.90. The minimum atomic E-state index is 0.777. The summed E-state index contributed by atoms with van der Waals surface area (Å²) in [5.41, 5.74) is 2.23. The van der Waals surface area contributed by atoms with Gasteiger partial charge in [0.2, 0.25) is 0 Å². The molecule has 2 N–H and O–H groups in total. The molecule has 0 saturated heterocycles. The summed E-state index contributed by atoms with van der Waals surface area (Å²) in [6.07, 6.45) is 6.86. The number of nitrogens with zero attached hydrogens (tertiary/aromatic N) is 4. The molecular weight excluding hydrogens is 356 g/mol. The molecule has 0 amide bonds. The molecule has 0 spiro atoms. The lowest BCUT2D eigenvalue weighted by molar-refractivity contribution is 0.661. The summed E-state index contributed by atoms with van der Waals surface area (Å²) < 4.78 is 2.19. The third kappa shape index (κ3) is 5.53. The van der Waals surface area contributed by atoms with Gasteiger partial charge in [0, 0.05) is 43.7 Å². The molecular formula is C20H28N6S. The fraction of sp³-hybridized carbons (Fsp3) is 0.450. The van der Waals surface area contributed by atoms with Gasteiger partial charge in [-0.2, -0.15) is 0 Å². The van der Waals surface area contributed by atoms with Gasteiger partial charge in [-0.3, -0.25) is 4.99 Å². The predicted molar refractivity (Wildman–Crippen MR) is 114 cm³/mol. The van der Waals surface area contributed by atoms with E-state index in [9.17, 15) is 0 Å². The van der Waals surface area contributed by atoms with Gasteiger partial charge in [0.25, 0.3) is 0 Å². The van der Waals surface area contributed by atoms with Crippen LogP contribution in [-0.4, -0.2) is 40.1 Å². The minimum Gasteiger partial charge on any atom is -0.357 e. The number of aliphatic imine (C=N–C) groups is 1. The Morgan fingerprint density at radius 1 is 1.19 bits per heavy atom. The van der Waals surface area contributed by atoms with Crippen LogP contribution in [0.4, 0.5) is 0 Å². The lowest BCUT2D eigenvalue weighted by Gasteiger charge is -2.10. The van der Waals surface area contributed by atoms with Gasteiger partial charge in [0.1, 0.15) is 0 Å². The maximum absolute atomic E-state index is 4.69. The Hall–Kier alpha value is -2.41. The molecule has 1 aromatic carbocycles. The van der Waals surface area contributed by atoms with E-state index in [1.165, 1.54) is 15.4 Å². The van der Waals surface area contributed by atoms with Crippen molar-refractivity contribution in [2.24, 2.45) is 4.99 Å². The van der Waals surface area contributed by atoms with Gasteiger partial charge in [0.05, 0.1) is 22.4 Å². The number of imidazole rings is 1. The molecule has 0 unspecified atom stereocenters. The summed E-state index contributed by atoms with van der Waals surface area (Å²) in [6, 6.07) is 8.23. The predicted octanol–water partition coefficient (Wildman–Crippen LogP) is 3.24. The van der Waals surface area contributed by atoms with Crippen LogP contribution in [-0.2, 0) is 19.4 Å². The number of guanidine groups is 1. The highest BCUT2D eigenvalue weighted by Crippen LogP contribution is 2.13. The number of aromatic nitrogens is 3. The van der Waals surface area contributed by atoms with Crippen molar-refractivity contribution in [3.63, 3.8) is 0 Å². The van der Waals surface area contributed by atoms with Gasteiger partial charge in [0.15, 0.2) is 5.96 Å². The Morgan fingerprint density at radius 2 is 2.07 bits per heavy atom. The molecule has 3 rings (SSSR count). The summed E-state index contributed by atoms with van der Waals surface area (Å²) >= 11 is 1.80. The number of para-hydroxylation sites is 2. The summed E-state index contributed by atoms with van der Waals surface area (Å²) in [4.78, 5) is 14.9. The highest BCUT2D eigenvalue weighted by Gasteiger charge is 2.03. The number of rotatable bonds is 9. The second-order valence-corrected chi connectivity index (χ2v) is 7.49. The van der Waals surface area contributed by atoms with Crippen LogP contribution >= 0.6 is 11.3 Å². The molecule has 0 aliphatic heterocycles. The third-order valence-electron chi connectivity index (χ3n) is 4.28. The molecule has 0 bridgehead atoms. The van der Waals surface area contributed by atoms with Crippen LogP contribution < -0.4 is 10.6 Å². The lowest BCUT2D eigenvalue weighted by atomic mass is 10.3. The number of nitrogens with one attached hydrogen (secondary N) is 2. The topological polar surface area (TPSA) is 67.1 Å². The molecule has 144 valence electrons. The Morgan fingerprint density at radius 3 is 2.89 bits per heavy atom. The first-order valence-electron chi connectivity index (χ1n) is 9.65. The largest absolute Gasteiger partial charge is 0.357 e. The standard InChI is InChI=1S/C20H28N6S/c1-3-16-14-24-19(27-16)10-12-23-20(21-4-2)22-11-7-13-26-15-25-17-8-5-6-9-18(17)26/h5-6,8-9,14-15H,3-4,7,10-13H2,1-2H3,(H2,21,22,23). The van der Waals surface area contributed by atoms with Crippen LogP contribution in [0.1, 0.15) is 30.2 Å². The van der Waals surface area contributed by atoms with E-state index in [0.29, 0.717) is 0 Å².